The Labute approximate surface area is 197 Å². The second-order valence-corrected chi connectivity index (χ2v) is 9.07. The first-order chi connectivity index (χ1) is 16.2. The summed E-state index contributed by atoms with van der Waals surface area (Å²) in [6, 6.07) is 17.4. The summed E-state index contributed by atoms with van der Waals surface area (Å²) in [5.41, 5.74) is 1.18. The number of anilines is 2. The third kappa shape index (κ3) is 6.55. The number of nitrogens with one attached hydrogen (secondary N) is 3. The molecule has 2 amide bonds. The Balaban J connectivity index is 1.78. The lowest BCUT2D eigenvalue weighted by atomic mass is 10.0. The lowest BCUT2D eigenvalue weighted by Gasteiger charge is -2.18. The van der Waals surface area contributed by atoms with Crippen molar-refractivity contribution in [3.63, 3.8) is 0 Å². The van der Waals surface area contributed by atoms with E-state index >= 15 is 0 Å². The SMILES string of the molecule is COc1ccc(NC(=O)CC(NC(C)=O)c2ccccc2)cc1NS(=O)(=O)c1ccc(F)cc1. The number of carbonyl (C=O) groups is 2. The van der Waals surface area contributed by atoms with Crippen LogP contribution >= 0.6 is 0 Å². The highest BCUT2D eigenvalue weighted by Crippen LogP contribution is 2.30. The van der Waals surface area contributed by atoms with E-state index in [4.69, 9.17) is 4.74 Å². The third-order valence-corrected chi connectivity index (χ3v) is 6.20. The van der Waals surface area contributed by atoms with E-state index in [0.29, 0.717) is 5.69 Å². The summed E-state index contributed by atoms with van der Waals surface area (Å²) in [5, 5.41) is 5.47. The lowest BCUT2D eigenvalue weighted by molar-refractivity contribution is -0.120. The molecule has 0 spiro atoms. The predicted octanol–water partition coefficient (Wildman–Crippen LogP) is 3.84. The van der Waals surface area contributed by atoms with Crippen LogP contribution in [-0.4, -0.2) is 27.3 Å². The van der Waals surface area contributed by atoms with Gasteiger partial charge in [-0.15, -0.1) is 0 Å². The molecule has 3 rings (SSSR count). The highest BCUT2D eigenvalue weighted by Gasteiger charge is 2.19. The number of halogens is 1. The number of ether oxygens (including phenoxy) is 1. The van der Waals surface area contributed by atoms with Gasteiger partial charge in [-0.1, -0.05) is 30.3 Å². The minimum absolute atomic E-state index is 0.0355. The molecule has 0 aliphatic heterocycles. The number of amides is 2. The fraction of sp³-hybridized carbons (Fsp3) is 0.167. The minimum atomic E-state index is -4.03. The molecule has 178 valence electrons. The highest BCUT2D eigenvalue weighted by atomic mass is 32.2. The minimum Gasteiger partial charge on any atom is -0.495 e. The van der Waals surface area contributed by atoms with Crippen molar-refractivity contribution >= 4 is 33.2 Å². The van der Waals surface area contributed by atoms with E-state index in [9.17, 15) is 22.4 Å². The van der Waals surface area contributed by atoms with Gasteiger partial charge in [0.25, 0.3) is 10.0 Å². The number of rotatable bonds is 9. The summed E-state index contributed by atoms with van der Waals surface area (Å²) in [7, 11) is -2.66. The molecule has 1 unspecified atom stereocenters. The maximum atomic E-state index is 13.2. The first-order valence-electron chi connectivity index (χ1n) is 10.3. The zero-order chi connectivity index (χ0) is 24.7. The van der Waals surface area contributed by atoms with Crippen LogP contribution in [0.5, 0.6) is 5.75 Å². The summed E-state index contributed by atoms with van der Waals surface area (Å²) >= 11 is 0. The molecule has 3 aromatic rings. The van der Waals surface area contributed by atoms with Crippen molar-refractivity contribution in [2.45, 2.75) is 24.3 Å². The van der Waals surface area contributed by atoms with Crippen LogP contribution in [0.15, 0.2) is 77.7 Å². The number of methoxy groups -OCH3 is 1. The molecule has 3 N–H and O–H groups in total. The normalized spacial score (nSPS) is 11.9. The maximum absolute atomic E-state index is 13.2. The van der Waals surface area contributed by atoms with E-state index in [-0.39, 0.29) is 34.6 Å². The number of sulfonamides is 1. The van der Waals surface area contributed by atoms with Gasteiger partial charge in [-0.05, 0) is 48.0 Å². The molecular weight excluding hydrogens is 461 g/mol. The van der Waals surface area contributed by atoms with Crippen LogP contribution in [-0.2, 0) is 19.6 Å². The van der Waals surface area contributed by atoms with E-state index in [1.807, 2.05) is 30.3 Å². The van der Waals surface area contributed by atoms with Crippen LogP contribution in [0.25, 0.3) is 0 Å². The molecule has 1 atom stereocenters. The zero-order valence-corrected chi connectivity index (χ0v) is 19.4. The van der Waals surface area contributed by atoms with Crippen LogP contribution in [0.3, 0.4) is 0 Å². The molecular formula is C24H24FN3O5S. The van der Waals surface area contributed by atoms with Crippen LogP contribution in [0.1, 0.15) is 24.9 Å². The highest BCUT2D eigenvalue weighted by molar-refractivity contribution is 7.92. The van der Waals surface area contributed by atoms with Gasteiger partial charge in [0.1, 0.15) is 11.6 Å². The Hall–Kier alpha value is -3.92. The Kier molecular flexibility index (Phi) is 7.85. The van der Waals surface area contributed by atoms with Gasteiger partial charge in [0.15, 0.2) is 0 Å². The van der Waals surface area contributed by atoms with Gasteiger partial charge < -0.3 is 15.4 Å². The average molecular weight is 486 g/mol. The smallest absolute Gasteiger partial charge is 0.262 e. The van der Waals surface area contributed by atoms with Gasteiger partial charge in [0, 0.05) is 12.6 Å². The van der Waals surface area contributed by atoms with Crippen LogP contribution in [0.2, 0.25) is 0 Å². The van der Waals surface area contributed by atoms with Crippen molar-refractivity contribution in [1.82, 2.24) is 5.32 Å². The average Bonchev–Trinajstić information content (AvgIpc) is 2.79. The van der Waals surface area contributed by atoms with Crippen molar-refractivity contribution in [2.75, 3.05) is 17.1 Å². The second-order valence-electron chi connectivity index (χ2n) is 7.39. The molecule has 0 saturated heterocycles. The molecule has 10 heteroatoms. The third-order valence-electron chi connectivity index (χ3n) is 4.82. The van der Waals surface area contributed by atoms with Gasteiger partial charge in [0.2, 0.25) is 11.8 Å². The van der Waals surface area contributed by atoms with Crippen molar-refractivity contribution < 1.29 is 27.1 Å². The Morgan fingerprint density at radius 2 is 1.68 bits per heavy atom. The topological polar surface area (TPSA) is 114 Å². The molecule has 0 heterocycles. The fourth-order valence-corrected chi connectivity index (χ4v) is 4.32. The van der Waals surface area contributed by atoms with Crippen molar-refractivity contribution in [3.05, 3.63) is 84.2 Å². The Bertz CT molecular complexity index is 1270. The number of carbonyl (C=O) groups excluding carboxylic acids is 2. The molecule has 0 radical (unpaired) electrons. The number of benzene rings is 3. The van der Waals surface area contributed by atoms with Crippen LogP contribution in [0.4, 0.5) is 15.8 Å². The van der Waals surface area contributed by atoms with E-state index in [2.05, 4.69) is 15.4 Å². The van der Waals surface area contributed by atoms with Crippen molar-refractivity contribution in [1.29, 1.82) is 0 Å². The van der Waals surface area contributed by atoms with Gasteiger partial charge in [-0.2, -0.15) is 0 Å². The molecule has 0 fully saturated rings. The number of hydrogen-bond donors (Lipinski definition) is 3. The first kappa shape index (κ1) is 24.7. The zero-order valence-electron chi connectivity index (χ0n) is 18.5. The molecule has 3 aromatic carbocycles. The molecule has 0 aromatic heterocycles. The summed E-state index contributed by atoms with van der Waals surface area (Å²) in [4.78, 5) is 24.2. The predicted molar refractivity (Wildman–Crippen MR) is 126 cm³/mol. The second kappa shape index (κ2) is 10.8. The maximum Gasteiger partial charge on any atom is 0.262 e. The molecule has 0 saturated carbocycles. The van der Waals surface area contributed by atoms with E-state index < -0.39 is 21.9 Å². The Morgan fingerprint density at radius 3 is 2.29 bits per heavy atom. The van der Waals surface area contributed by atoms with Gasteiger partial charge in [-0.3, -0.25) is 14.3 Å². The van der Waals surface area contributed by atoms with Crippen LogP contribution < -0.4 is 20.1 Å². The fourth-order valence-electron chi connectivity index (χ4n) is 3.26. The van der Waals surface area contributed by atoms with Crippen molar-refractivity contribution in [2.24, 2.45) is 0 Å². The standard InChI is InChI=1S/C24H24FN3O5S/c1-16(29)26-21(17-6-4-3-5-7-17)15-24(30)27-19-10-13-23(33-2)22(14-19)28-34(31,32)20-11-8-18(25)9-12-20/h3-14,21,28H,15H2,1-2H3,(H,26,29)(H,27,30). The number of hydrogen-bond acceptors (Lipinski definition) is 5. The lowest BCUT2D eigenvalue weighted by Crippen LogP contribution is -2.29. The van der Waals surface area contributed by atoms with E-state index in [0.717, 1.165) is 29.8 Å². The quantitative estimate of drug-likeness (QED) is 0.426. The summed E-state index contributed by atoms with van der Waals surface area (Å²) in [6.07, 6.45) is -0.0355. The first-order valence-corrected chi connectivity index (χ1v) is 11.7. The van der Waals surface area contributed by atoms with Crippen LogP contribution in [0, 0.1) is 5.82 Å². The van der Waals surface area contributed by atoms with E-state index in [1.165, 1.54) is 26.2 Å². The molecule has 34 heavy (non-hydrogen) atoms. The monoisotopic (exact) mass is 485 g/mol. The van der Waals surface area contributed by atoms with Gasteiger partial charge >= 0.3 is 0 Å². The molecule has 0 bridgehead atoms. The Morgan fingerprint density at radius 1 is 1.00 bits per heavy atom. The summed E-state index contributed by atoms with van der Waals surface area (Å²) in [5.74, 6) is -0.998. The summed E-state index contributed by atoms with van der Waals surface area (Å²) < 4.78 is 46.2. The van der Waals surface area contributed by atoms with Crippen molar-refractivity contribution in [3.8, 4) is 5.75 Å². The van der Waals surface area contributed by atoms with Gasteiger partial charge in [0.05, 0.1) is 30.2 Å². The molecule has 8 nitrogen and oxygen atoms in total. The largest absolute Gasteiger partial charge is 0.495 e. The molecule has 0 aliphatic rings. The van der Waals surface area contributed by atoms with E-state index in [1.54, 1.807) is 6.07 Å². The summed E-state index contributed by atoms with van der Waals surface area (Å²) in [6.45, 7) is 1.37. The molecule has 0 aliphatic carbocycles. The van der Waals surface area contributed by atoms with Gasteiger partial charge in [-0.25, -0.2) is 12.8 Å².